The van der Waals surface area contributed by atoms with E-state index >= 15 is 0 Å². The fourth-order valence-electron chi connectivity index (χ4n) is 3.77. The molecule has 0 aliphatic carbocycles. The molecule has 1 saturated heterocycles. The first-order valence-corrected chi connectivity index (χ1v) is 9.66. The summed E-state index contributed by atoms with van der Waals surface area (Å²) in [5.41, 5.74) is 5.28. The van der Waals surface area contributed by atoms with Crippen molar-refractivity contribution in [3.05, 3.63) is 59.4 Å². The van der Waals surface area contributed by atoms with Crippen molar-refractivity contribution in [1.82, 2.24) is 25.1 Å². The molecule has 1 aliphatic heterocycles. The Bertz CT molecular complexity index is 909. The molecule has 0 atom stereocenters. The molecule has 1 aromatic carbocycles. The first kappa shape index (κ1) is 18.6. The molecule has 0 saturated carbocycles. The standard InChI is InChI=1S/C21H25FN6/c1-15-19(16(2)26-25-15)7-10-27-11-13-28(14-12-27)21-20(23-8-9-24-21)17-3-5-18(22)6-4-17/h3-6,8-9H,7,10-14H2,1-2H3,(H,25,26). The highest BCUT2D eigenvalue weighted by atomic mass is 19.1. The van der Waals surface area contributed by atoms with Gasteiger partial charge in [0.05, 0.1) is 5.69 Å². The highest BCUT2D eigenvalue weighted by Gasteiger charge is 2.21. The number of H-pyrrole nitrogens is 1. The number of nitrogens with one attached hydrogen (secondary N) is 1. The molecule has 1 N–H and O–H groups in total. The van der Waals surface area contributed by atoms with E-state index in [1.165, 1.54) is 23.4 Å². The van der Waals surface area contributed by atoms with Crippen LogP contribution in [0.1, 0.15) is 17.0 Å². The number of halogens is 1. The van der Waals surface area contributed by atoms with Crippen molar-refractivity contribution >= 4 is 5.82 Å². The number of aromatic amines is 1. The Morgan fingerprint density at radius 1 is 1.00 bits per heavy atom. The zero-order valence-corrected chi connectivity index (χ0v) is 16.3. The van der Waals surface area contributed by atoms with Crippen molar-refractivity contribution in [1.29, 1.82) is 0 Å². The molecular weight excluding hydrogens is 355 g/mol. The first-order valence-electron chi connectivity index (χ1n) is 9.66. The molecule has 28 heavy (non-hydrogen) atoms. The molecule has 3 aromatic rings. The Morgan fingerprint density at radius 2 is 1.71 bits per heavy atom. The number of hydrogen-bond acceptors (Lipinski definition) is 5. The summed E-state index contributed by atoms with van der Waals surface area (Å²) in [4.78, 5) is 13.8. The summed E-state index contributed by atoms with van der Waals surface area (Å²) in [5, 5.41) is 7.35. The van der Waals surface area contributed by atoms with Crippen LogP contribution in [0.4, 0.5) is 10.2 Å². The Balaban J connectivity index is 1.41. The molecule has 0 spiro atoms. The molecule has 1 aliphatic rings. The normalized spacial score (nSPS) is 15.2. The van der Waals surface area contributed by atoms with E-state index in [9.17, 15) is 4.39 Å². The van der Waals surface area contributed by atoms with Gasteiger partial charge in [-0.15, -0.1) is 0 Å². The Hall–Kier alpha value is -2.80. The van der Waals surface area contributed by atoms with Crippen molar-refractivity contribution in [2.45, 2.75) is 20.3 Å². The summed E-state index contributed by atoms with van der Waals surface area (Å²) >= 11 is 0. The van der Waals surface area contributed by atoms with Crippen LogP contribution in [0.5, 0.6) is 0 Å². The molecule has 4 rings (SSSR count). The third-order valence-corrected chi connectivity index (χ3v) is 5.43. The summed E-state index contributed by atoms with van der Waals surface area (Å²) < 4.78 is 13.3. The predicted molar refractivity (Wildman–Crippen MR) is 108 cm³/mol. The zero-order valence-electron chi connectivity index (χ0n) is 16.3. The van der Waals surface area contributed by atoms with E-state index in [1.807, 2.05) is 0 Å². The maximum Gasteiger partial charge on any atom is 0.155 e. The fraction of sp³-hybridized carbons (Fsp3) is 0.381. The van der Waals surface area contributed by atoms with Crippen LogP contribution in [-0.2, 0) is 6.42 Å². The highest BCUT2D eigenvalue weighted by molar-refractivity contribution is 5.72. The summed E-state index contributed by atoms with van der Waals surface area (Å²) in [6.45, 7) is 8.93. The second kappa shape index (κ2) is 8.06. The lowest BCUT2D eigenvalue weighted by molar-refractivity contribution is 0.260. The van der Waals surface area contributed by atoms with Gasteiger partial charge in [-0.3, -0.25) is 15.0 Å². The van der Waals surface area contributed by atoms with Crippen molar-refractivity contribution in [2.24, 2.45) is 0 Å². The number of rotatable bonds is 5. The quantitative estimate of drug-likeness (QED) is 0.737. The van der Waals surface area contributed by atoms with Gasteiger partial charge in [-0.25, -0.2) is 9.37 Å². The monoisotopic (exact) mass is 380 g/mol. The minimum Gasteiger partial charge on any atom is -0.352 e. The van der Waals surface area contributed by atoms with Crippen LogP contribution < -0.4 is 4.90 Å². The molecule has 7 heteroatoms. The minimum absolute atomic E-state index is 0.245. The third kappa shape index (κ3) is 3.89. The van der Waals surface area contributed by atoms with Crippen molar-refractivity contribution in [2.75, 3.05) is 37.6 Å². The largest absolute Gasteiger partial charge is 0.352 e. The van der Waals surface area contributed by atoms with E-state index < -0.39 is 0 Å². The van der Waals surface area contributed by atoms with Gasteiger partial charge in [-0.1, -0.05) is 0 Å². The van der Waals surface area contributed by atoms with Gasteiger partial charge < -0.3 is 4.90 Å². The summed E-state index contributed by atoms with van der Waals surface area (Å²) in [5.74, 6) is 0.626. The number of piperazine rings is 1. The Kier molecular flexibility index (Phi) is 5.34. The van der Waals surface area contributed by atoms with Crippen LogP contribution in [0.3, 0.4) is 0 Å². The lowest BCUT2D eigenvalue weighted by Crippen LogP contribution is -2.47. The number of nitrogens with zero attached hydrogens (tertiary/aromatic N) is 5. The van der Waals surface area contributed by atoms with E-state index in [-0.39, 0.29) is 5.82 Å². The van der Waals surface area contributed by atoms with E-state index in [2.05, 4.69) is 43.8 Å². The average molecular weight is 380 g/mol. The Morgan fingerprint density at radius 3 is 2.39 bits per heavy atom. The van der Waals surface area contributed by atoms with Crippen molar-refractivity contribution < 1.29 is 4.39 Å². The molecule has 0 bridgehead atoms. The van der Waals surface area contributed by atoms with Crippen LogP contribution in [0.25, 0.3) is 11.3 Å². The number of benzene rings is 1. The number of aryl methyl sites for hydroxylation is 2. The fourth-order valence-corrected chi connectivity index (χ4v) is 3.77. The second-order valence-electron chi connectivity index (χ2n) is 7.23. The van der Waals surface area contributed by atoms with Gasteiger partial charge in [-0.2, -0.15) is 5.10 Å². The lowest BCUT2D eigenvalue weighted by Gasteiger charge is -2.36. The number of hydrogen-bond donors (Lipinski definition) is 1. The van der Waals surface area contributed by atoms with E-state index in [1.54, 1.807) is 24.5 Å². The van der Waals surface area contributed by atoms with Gasteiger partial charge in [0, 0.05) is 56.4 Å². The predicted octanol–water partition coefficient (Wildman–Crippen LogP) is 2.99. The SMILES string of the molecule is Cc1n[nH]c(C)c1CCN1CCN(c2nccnc2-c2ccc(F)cc2)CC1. The smallest absolute Gasteiger partial charge is 0.155 e. The van der Waals surface area contributed by atoms with Gasteiger partial charge in [0.2, 0.25) is 0 Å². The second-order valence-corrected chi connectivity index (χ2v) is 7.23. The molecule has 0 radical (unpaired) electrons. The maximum atomic E-state index is 13.3. The van der Waals surface area contributed by atoms with Crippen LogP contribution >= 0.6 is 0 Å². The number of aromatic nitrogens is 4. The summed E-state index contributed by atoms with van der Waals surface area (Å²) in [6.07, 6.45) is 4.42. The topological polar surface area (TPSA) is 60.9 Å². The van der Waals surface area contributed by atoms with Gasteiger partial charge in [0.25, 0.3) is 0 Å². The molecule has 6 nitrogen and oxygen atoms in total. The van der Waals surface area contributed by atoms with Gasteiger partial charge >= 0.3 is 0 Å². The van der Waals surface area contributed by atoms with Crippen molar-refractivity contribution in [3.63, 3.8) is 0 Å². The van der Waals surface area contributed by atoms with Crippen LogP contribution in [0.2, 0.25) is 0 Å². The van der Waals surface area contributed by atoms with Gasteiger partial charge in [-0.05, 0) is 50.1 Å². The van der Waals surface area contributed by atoms with E-state index in [0.717, 1.165) is 61.9 Å². The van der Waals surface area contributed by atoms with Crippen molar-refractivity contribution in [3.8, 4) is 11.3 Å². The molecule has 0 amide bonds. The third-order valence-electron chi connectivity index (χ3n) is 5.43. The molecule has 0 unspecified atom stereocenters. The Labute approximate surface area is 164 Å². The first-order chi connectivity index (χ1) is 13.6. The molecule has 1 fully saturated rings. The highest BCUT2D eigenvalue weighted by Crippen LogP contribution is 2.27. The van der Waals surface area contributed by atoms with Crippen LogP contribution in [-0.4, -0.2) is 57.8 Å². The molecule has 146 valence electrons. The summed E-state index contributed by atoms with van der Waals surface area (Å²) in [6, 6.07) is 6.44. The van der Waals surface area contributed by atoms with Gasteiger partial charge in [0.15, 0.2) is 5.82 Å². The summed E-state index contributed by atoms with van der Waals surface area (Å²) in [7, 11) is 0. The van der Waals surface area contributed by atoms with E-state index in [4.69, 9.17) is 0 Å². The van der Waals surface area contributed by atoms with E-state index in [0.29, 0.717) is 0 Å². The minimum atomic E-state index is -0.245. The van der Waals surface area contributed by atoms with Crippen LogP contribution in [0.15, 0.2) is 36.7 Å². The molecular formula is C21H25FN6. The van der Waals surface area contributed by atoms with Gasteiger partial charge in [0.1, 0.15) is 11.5 Å². The van der Waals surface area contributed by atoms with Crippen LogP contribution in [0, 0.1) is 19.7 Å². The average Bonchev–Trinajstić information content (AvgIpc) is 3.05. The maximum absolute atomic E-state index is 13.3. The molecule has 2 aromatic heterocycles. The number of anilines is 1. The zero-order chi connectivity index (χ0) is 19.5. The lowest BCUT2D eigenvalue weighted by atomic mass is 10.1. The molecule has 3 heterocycles.